The molecule has 0 fully saturated rings. The van der Waals surface area contributed by atoms with E-state index >= 15 is 0 Å². The van der Waals surface area contributed by atoms with Crippen molar-refractivity contribution in [3.63, 3.8) is 0 Å². The van der Waals surface area contributed by atoms with Crippen molar-refractivity contribution < 1.29 is 5.11 Å². The van der Waals surface area contributed by atoms with E-state index in [0.717, 1.165) is 22.3 Å². The Morgan fingerprint density at radius 2 is 1.79 bits per heavy atom. The first-order chi connectivity index (χ1) is 11.8. The first-order valence-electron chi connectivity index (χ1n) is 7.51. The topological polar surface area (TPSA) is 63.8 Å². The van der Waals surface area contributed by atoms with E-state index in [1.165, 1.54) is 6.33 Å². The van der Waals surface area contributed by atoms with Gasteiger partial charge in [-0.15, -0.1) is 0 Å². The Hall–Kier alpha value is -3.47. The molecule has 4 rings (SSSR count). The van der Waals surface area contributed by atoms with Crippen molar-refractivity contribution in [2.24, 2.45) is 0 Å². The van der Waals surface area contributed by atoms with Crippen molar-refractivity contribution in [2.75, 3.05) is 0 Å². The van der Waals surface area contributed by atoms with Gasteiger partial charge in [0, 0.05) is 5.39 Å². The summed E-state index contributed by atoms with van der Waals surface area (Å²) in [6.45, 7) is 0. The van der Waals surface area contributed by atoms with Gasteiger partial charge in [-0.05, 0) is 35.9 Å². The summed E-state index contributed by atoms with van der Waals surface area (Å²) >= 11 is 0. The Morgan fingerprint density at radius 1 is 0.917 bits per heavy atom. The second-order valence-electron chi connectivity index (χ2n) is 5.35. The van der Waals surface area contributed by atoms with E-state index in [1.54, 1.807) is 17.1 Å². The predicted molar refractivity (Wildman–Crippen MR) is 93.7 cm³/mol. The average molecular weight is 314 g/mol. The molecular weight excluding hydrogens is 300 g/mol. The summed E-state index contributed by atoms with van der Waals surface area (Å²) in [5.41, 5.74) is 3.42. The maximum absolute atomic E-state index is 9.90. The fraction of sp³-hybridized carbons (Fsp3) is 0. The number of benzene rings is 2. The molecule has 0 radical (unpaired) electrons. The largest absolute Gasteiger partial charge is 0.506 e. The Bertz CT molecular complexity index is 1010. The number of hydrogen-bond acceptors (Lipinski definition) is 4. The van der Waals surface area contributed by atoms with E-state index in [-0.39, 0.29) is 5.75 Å². The zero-order chi connectivity index (χ0) is 16.4. The van der Waals surface area contributed by atoms with Crippen LogP contribution in [0.3, 0.4) is 0 Å². The lowest BCUT2D eigenvalue weighted by Gasteiger charge is -2.02. The van der Waals surface area contributed by atoms with Gasteiger partial charge in [0.2, 0.25) is 0 Å². The quantitative estimate of drug-likeness (QED) is 0.626. The number of hydrogen-bond donors (Lipinski definition) is 1. The van der Waals surface area contributed by atoms with Crippen LogP contribution in [0, 0.1) is 0 Å². The average Bonchev–Trinajstić information content (AvgIpc) is 3.16. The van der Waals surface area contributed by atoms with Gasteiger partial charge in [0.25, 0.3) is 0 Å². The third-order valence-electron chi connectivity index (χ3n) is 3.74. The summed E-state index contributed by atoms with van der Waals surface area (Å²) in [5, 5.41) is 14.9. The van der Waals surface area contributed by atoms with Crippen molar-refractivity contribution in [2.45, 2.75) is 0 Å². The Morgan fingerprint density at radius 3 is 2.58 bits per heavy atom. The van der Waals surface area contributed by atoms with Crippen LogP contribution in [0.1, 0.15) is 11.3 Å². The molecule has 0 aliphatic carbocycles. The van der Waals surface area contributed by atoms with Crippen LogP contribution >= 0.6 is 0 Å². The standard InChI is InChI=1S/C19H14N4O/c24-18-3-1-2-15-7-9-16(22-19(15)18)8-4-14-5-10-17(11-6-14)23-13-20-12-21-23/h1-13,24H. The molecule has 5 heteroatoms. The van der Waals surface area contributed by atoms with Crippen molar-refractivity contribution in [3.8, 4) is 11.4 Å². The van der Waals surface area contributed by atoms with Gasteiger partial charge in [0.05, 0.1) is 11.4 Å². The first kappa shape index (κ1) is 14.1. The number of aromatic hydroxyl groups is 1. The number of pyridine rings is 1. The molecule has 0 aliphatic heterocycles. The van der Waals surface area contributed by atoms with Gasteiger partial charge in [-0.25, -0.2) is 14.6 Å². The molecule has 0 aliphatic rings. The fourth-order valence-electron chi connectivity index (χ4n) is 2.50. The zero-order valence-corrected chi connectivity index (χ0v) is 12.7. The third-order valence-corrected chi connectivity index (χ3v) is 3.74. The minimum Gasteiger partial charge on any atom is -0.506 e. The highest BCUT2D eigenvalue weighted by Gasteiger charge is 2.01. The highest BCUT2D eigenvalue weighted by molar-refractivity contribution is 5.85. The Balaban J connectivity index is 1.59. The van der Waals surface area contributed by atoms with Crippen LogP contribution in [0.2, 0.25) is 0 Å². The van der Waals surface area contributed by atoms with E-state index in [2.05, 4.69) is 15.1 Å². The molecule has 0 unspecified atom stereocenters. The fourth-order valence-corrected chi connectivity index (χ4v) is 2.50. The lowest BCUT2D eigenvalue weighted by Crippen LogP contribution is -1.93. The van der Waals surface area contributed by atoms with E-state index in [9.17, 15) is 5.11 Å². The lowest BCUT2D eigenvalue weighted by atomic mass is 10.1. The molecule has 0 saturated carbocycles. The number of nitrogens with zero attached hydrogens (tertiary/aromatic N) is 4. The zero-order valence-electron chi connectivity index (χ0n) is 12.7. The second kappa shape index (κ2) is 5.96. The molecule has 2 aromatic carbocycles. The summed E-state index contributed by atoms with van der Waals surface area (Å²) in [5.74, 6) is 0.194. The molecule has 1 N–H and O–H groups in total. The van der Waals surface area contributed by atoms with Gasteiger partial charge in [-0.2, -0.15) is 5.10 Å². The summed E-state index contributed by atoms with van der Waals surface area (Å²) in [6, 6.07) is 17.2. The van der Waals surface area contributed by atoms with Crippen molar-refractivity contribution >= 4 is 23.1 Å². The van der Waals surface area contributed by atoms with Crippen LogP contribution in [0.25, 0.3) is 28.7 Å². The van der Waals surface area contributed by atoms with E-state index in [0.29, 0.717) is 5.52 Å². The van der Waals surface area contributed by atoms with Crippen LogP contribution < -0.4 is 0 Å². The molecule has 24 heavy (non-hydrogen) atoms. The van der Waals surface area contributed by atoms with Crippen LogP contribution in [0.5, 0.6) is 5.75 Å². The minimum absolute atomic E-state index is 0.194. The molecule has 0 bridgehead atoms. The van der Waals surface area contributed by atoms with Crippen molar-refractivity contribution in [3.05, 3.63) is 78.5 Å². The first-order valence-corrected chi connectivity index (χ1v) is 7.51. The monoisotopic (exact) mass is 314 g/mol. The molecule has 0 amide bonds. The number of phenols is 1. The molecule has 0 spiro atoms. The molecule has 116 valence electrons. The summed E-state index contributed by atoms with van der Waals surface area (Å²) < 4.78 is 1.71. The summed E-state index contributed by atoms with van der Waals surface area (Å²) in [4.78, 5) is 8.43. The number of fused-ring (bicyclic) bond motifs is 1. The summed E-state index contributed by atoms with van der Waals surface area (Å²) in [6.07, 6.45) is 7.08. The van der Waals surface area contributed by atoms with Crippen LogP contribution in [-0.2, 0) is 0 Å². The van der Waals surface area contributed by atoms with Gasteiger partial charge in [0.1, 0.15) is 23.9 Å². The third kappa shape index (κ3) is 2.75. The highest BCUT2D eigenvalue weighted by Crippen LogP contribution is 2.23. The normalized spacial score (nSPS) is 11.3. The maximum atomic E-state index is 9.90. The van der Waals surface area contributed by atoms with Gasteiger partial charge in [0.15, 0.2) is 0 Å². The SMILES string of the molecule is Oc1cccc2ccc(C=Cc3ccc(-n4cncn4)cc3)nc12. The number of phenolic OH excluding ortho intramolecular Hbond substituents is 1. The molecule has 0 atom stereocenters. The van der Waals surface area contributed by atoms with Gasteiger partial charge >= 0.3 is 0 Å². The smallest absolute Gasteiger partial charge is 0.141 e. The Kier molecular flexibility index (Phi) is 3.51. The van der Waals surface area contributed by atoms with E-state index in [1.807, 2.05) is 60.7 Å². The van der Waals surface area contributed by atoms with Crippen LogP contribution in [0.4, 0.5) is 0 Å². The lowest BCUT2D eigenvalue weighted by molar-refractivity contribution is 0.480. The second-order valence-corrected chi connectivity index (χ2v) is 5.35. The van der Waals surface area contributed by atoms with Gasteiger partial charge in [-0.3, -0.25) is 0 Å². The molecule has 5 nitrogen and oxygen atoms in total. The van der Waals surface area contributed by atoms with Crippen LogP contribution in [0.15, 0.2) is 67.3 Å². The highest BCUT2D eigenvalue weighted by atomic mass is 16.3. The molecule has 4 aromatic rings. The van der Waals surface area contributed by atoms with Crippen LogP contribution in [-0.4, -0.2) is 24.9 Å². The van der Waals surface area contributed by atoms with Crippen molar-refractivity contribution in [1.82, 2.24) is 19.7 Å². The molecular formula is C19H14N4O. The van der Waals surface area contributed by atoms with E-state index in [4.69, 9.17) is 0 Å². The number of para-hydroxylation sites is 1. The minimum atomic E-state index is 0.194. The maximum Gasteiger partial charge on any atom is 0.141 e. The Labute approximate surface area is 138 Å². The van der Waals surface area contributed by atoms with Crippen molar-refractivity contribution in [1.29, 1.82) is 0 Å². The van der Waals surface area contributed by atoms with E-state index < -0.39 is 0 Å². The molecule has 2 aromatic heterocycles. The predicted octanol–water partition coefficient (Wildman–Crippen LogP) is 3.69. The summed E-state index contributed by atoms with van der Waals surface area (Å²) in [7, 11) is 0. The number of aromatic nitrogens is 4. The number of rotatable bonds is 3. The molecule has 0 saturated heterocycles. The van der Waals surface area contributed by atoms with Gasteiger partial charge < -0.3 is 5.11 Å². The van der Waals surface area contributed by atoms with Gasteiger partial charge in [-0.1, -0.05) is 36.4 Å². The molecule has 2 heterocycles.